The van der Waals surface area contributed by atoms with Gasteiger partial charge in [-0.05, 0) is 19.8 Å². The van der Waals surface area contributed by atoms with Crippen LogP contribution in [0.25, 0.3) is 0 Å². The zero-order valence-electron chi connectivity index (χ0n) is 12.0. The Bertz CT molecular complexity index is 228. The second-order valence-electron chi connectivity index (χ2n) is 5.32. The Labute approximate surface area is 111 Å². The summed E-state index contributed by atoms with van der Waals surface area (Å²) in [6.45, 7) is 2.15. The average Bonchev–Trinajstić information content (AvgIpc) is 3.07. The molecule has 0 bridgehead atoms. The van der Waals surface area contributed by atoms with Crippen LogP contribution >= 0.6 is 0 Å². The predicted molar refractivity (Wildman–Crippen MR) is 72.5 cm³/mol. The van der Waals surface area contributed by atoms with E-state index in [1.807, 2.05) is 0 Å². The number of ether oxygens (including phenoxy) is 2. The van der Waals surface area contributed by atoms with Gasteiger partial charge in [-0.1, -0.05) is 44.9 Å². The van der Waals surface area contributed by atoms with Gasteiger partial charge in [0.05, 0.1) is 19.3 Å². The quantitative estimate of drug-likeness (QED) is 0.320. The number of hydrogen-bond donors (Lipinski definition) is 0. The minimum absolute atomic E-state index is 0.0773. The van der Waals surface area contributed by atoms with Crippen LogP contribution in [0.2, 0.25) is 0 Å². The van der Waals surface area contributed by atoms with Gasteiger partial charge in [-0.3, -0.25) is 4.79 Å². The Hall–Kier alpha value is -0.570. The number of epoxide rings is 1. The van der Waals surface area contributed by atoms with Crippen molar-refractivity contribution in [3.8, 4) is 0 Å². The van der Waals surface area contributed by atoms with Crippen molar-refractivity contribution in [1.29, 1.82) is 0 Å². The van der Waals surface area contributed by atoms with Crippen LogP contribution in [-0.4, -0.2) is 25.3 Å². The highest BCUT2D eigenvalue weighted by atomic mass is 16.6. The monoisotopic (exact) mass is 256 g/mol. The summed E-state index contributed by atoms with van der Waals surface area (Å²) >= 11 is 0. The van der Waals surface area contributed by atoms with Crippen LogP contribution < -0.4 is 0 Å². The van der Waals surface area contributed by atoms with E-state index in [1.165, 1.54) is 52.1 Å². The zero-order chi connectivity index (χ0) is 13.2. The molecule has 0 aromatic carbocycles. The van der Waals surface area contributed by atoms with Crippen LogP contribution in [0.5, 0.6) is 0 Å². The van der Waals surface area contributed by atoms with E-state index in [4.69, 9.17) is 4.74 Å². The van der Waals surface area contributed by atoms with Crippen molar-refractivity contribution in [2.75, 3.05) is 7.11 Å². The van der Waals surface area contributed by atoms with E-state index in [0.717, 1.165) is 12.8 Å². The first-order valence-corrected chi connectivity index (χ1v) is 7.46. The Balaban J connectivity index is 1.69. The number of methoxy groups -OCH3 is 1. The van der Waals surface area contributed by atoms with Crippen molar-refractivity contribution in [2.45, 2.75) is 83.3 Å². The standard InChI is InChI=1S/C15H28O3/c1-13-14(18-13)11-9-7-5-3-4-6-8-10-12-15(16)17-2/h13-14H,3-12H2,1-2H3. The highest BCUT2D eigenvalue weighted by Gasteiger charge is 2.32. The summed E-state index contributed by atoms with van der Waals surface area (Å²) in [5.41, 5.74) is 0. The summed E-state index contributed by atoms with van der Waals surface area (Å²) in [5, 5.41) is 0. The van der Waals surface area contributed by atoms with Gasteiger partial charge in [-0.2, -0.15) is 0 Å². The first-order valence-electron chi connectivity index (χ1n) is 7.46. The summed E-state index contributed by atoms with van der Waals surface area (Å²) in [4.78, 5) is 10.9. The molecule has 0 spiro atoms. The third-order valence-corrected chi connectivity index (χ3v) is 3.68. The Morgan fingerprint density at radius 2 is 1.50 bits per heavy atom. The topological polar surface area (TPSA) is 38.8 Å². The Morgan fingerprint density at radius 3 is 2.00 bits per heavy atom. The van der Waals surface area contributed by atoms with Crippen molar-refractivity contribution >= 4 is 5.97 Å². The zero-order valence-corrected chi connectivity index (χ0v) is 12.0. The summed E-state index contributed by atoms with van der Waals surface area (Å²) in [6, 6.07) is 0. The minimum Gasteiger partial charge on any atom is -0.469 e. The van der Waals surface area contributed by atoms with Crippen LogP contribution in [0.3, 0.4) is 0 Å². The van der Waals surface area contributed by atoms with Crippen molar-refractivity contribution in [3.63, 3.8) is 0 Å². The summed E-state index contributed by atoms with van der Waals surface area (Å²) in [5.74, 6) is -0.0773. The van der Waals surface area contributed by atoms with Gasteiger partial charge in [0.2, 0.25) is 0 Å². The van der Waals surface area contributed by atoms with Crippen LogP contribution in [0.15, 0.2) is 0 Å². The Kier molecular flexibility index (Phi) is 8.06. The molecule has 2 unspecified atom stereocenters. The largest absolute Gasteiger partial charge is 0.469 e. The van der Waals surface area contributed by atoms with E-state index in [2.05, 4.69) is 11.7 Å². The average molecular weight is 256 g/mol. The third kappa shape index (κ3) is 7.70. The molecule has 3 heteroatoms. The fourth-order valence-corrected chi connectivity index (χ4v) is 2.31. The highest BCUT2D eigenvalue weighted by Crippen LogP contribution is 2.26. The summed E-state index contributed by atoms with van der Waals surface area (Å²) in [7, 11) is 1.45. The number of unbranched alkanes of at least 4 members (excludes halogenated alkanes) is 7. The number of rotatable bonds is 11. The van der Waals surface area contributed by atoms with Gasteiger partial charge in [0, 0.05) is 6.42 Å². The molecule has 3 nitrogen and oxygen atoms in total. The molecule has 1 rings (SSSR count). The third-order valence-electron chi connectivity index (χ3n) is 3.68. The fraction of sp³-hybridized carbons (Fsp3) is 0.933. The van der Waals surface area contributed by atoms with Crippen LogP contribution in [0.1, 0.15) is 71.1 Å². The van der Waals surface area contributed by atoms with Gasteiger partial charge in [-0.15, -0.1) is 0 Å². The van der Waals surface area contributed by atoms with Gasteiger partial charge >= 0.3 is 5.97 Å². The smallest absolute Gasteiger partial charge is 0.305 e. The van der Waals surface area contributed by atoms with Crippen LogP contribution in [0.4, 0.5) is 0 Å². The number of carbonyl (C=O) groups is 1. The molecular formula is C15H28O3. The Morgan fingerprint density at radius 1 is 1.00 bits per heavy atom. The van der Waals surface area contributed by atoms with Gasteiger partial charge < -0.3 is 9.47 Å². The van der Waals surface area contributed by atoms with Crippen LogP contribution in [0, 0.1) is 0 Å². The predicted octanol–water partition coefficient (Wildman–Crippen LogP) is 3.85. The lowest BCUT2D eigenvalue weighted by atomic mass is 10.1. The highest BCUT2D eigenvalue weighted by molar-refractivity contribution is 5.68. The second kappa shape index (κ2) is 9.37. The van der Waals surface area contributed by atoms with Crippen molar-refractivity contribution < 1.29 is 14.3 Å². The molecular weight excluding hydrogens is 228 g/mol. The molecule has 1 aliphatic rings. The number of hydrogen-bond acceptors (Lipinski definition) is 3. The lowest BCUT2D eigenvalue weighted by Crippen LogP contribution is -1.99. The first kappa shape index (κ1) is 15.5. The minimum atomic E-state index is -0.0773. The molecule has 1 aliphatic heterocycles. The normalized spacial score (nSPS) is 21.9. The molecule has 0 radical (unpaired) electrons. The SMILES string of the molecule is COC(=O)CCCCCCCCCCC1OC1C. The molecule has 1 fully saturated rings. The van der Waals surface area contributed by atoms with Crippen LogP contribution in [-0.2, 0) is 14.3 Å². The molecule has 1 saturated heterocycles. The van der Waals surface area contributed by atoms with E-state index in [9.17, 15) is 4.79 Å². The number of esters is 1. The molecule has 0 saturated carbocycles. The van der Waals surface area contributed by atoms with Gasteiger partial charge in [0.1, 0.15) is 0 Å². The lowest BCUT2D eigenvalue weighted by molar-refractivity contribution is -0.140. The summed E-state index contributed by atoms with van der Waals surface area (Å²) < 4.78 is 9.98. The molecule has 1 heterocycles. The summed E-state index contributed by atoms with van der Waals surface area (Å²) in [6.07, 6.45) is 13.0. The van der Waals surface area contributed by atoms with Crippen molar-refractivity contribution in [1.82, 2.24) is 0 Å². The van der Waals surface area contributed by atoms with E-state index in [-0.39, 0.29) is 5.97 Å². The number of carbonyl (C=O) groups excluding carboxylic acids is 1. The molecule has 0 aromatic heterocycles. The molecule has 2 atom stereocenters. The lowest BCUT2D eigenvalue weighted by Gasteiger charge is -2.02. The van der Waals surface area contributed by atoms with E-state index in [1.54, 1.807) is 0 Å². The maximum absolute atomic E-state index is 10.9. The fourth-order valence-electron chi connectivity index (χ4n) is 2.31. The van der Waals surface area contributed by atoms with Gasteiger partial charge in [0.15, 0.2) is 0 Å². The molecule has 18 heavy (non-hydrogen) atoms. The van der Waals surface area contributed by atoms with E-state index in [0.29, 0.717) is 18.6 Å². The molecule has 0 N–H and O–H groups in total. The van der Waals surface area contributed by atoms with Crippen molar-refractivity contribution in [2.24, 2.45) is 0 Å². The second-order valence-corrected chi connectivity index (χ2v) is 5.32. The first-order chi connectivity index (χ1) is 8.74. The maximum Gasteiger partial charge on any atom is 0.305 e. The van der Waals surface area contributed by atoms with Gasteiger partial charge in [0.25, 0.3) is 0 Å². The molecule has 106 valence electrons. The molecule has 0 aromatic rings. The maximum atomic E-state index is 10.9. The van der Waals surface area contributed by atoms with Gasteiger partial charge in [-0.25, -0.2) is 0 Å². The molecule has 0 amide bonds. The van der Waals surface area contributed by atoms with E-state index < -0.39 is 0 Å². The van der Waals surface area contributed by atoms with Crippen molar-refractivity contribution in [3.05, 3.63) is 0 Å². The van der Waals surface area contributed by atoms with E-state index >= 15 is 0 Å². The molecule has 0 aliphatic carbocycles.